The summed E-state index contributed by atoms with van der Waals surface area (Å²) in [4.78, 5) is 0. The van der Waals surface area contributed by atoms with E-state index in [1.54, 1.807) is 0 Å². The number of benzene rings is 2. The molecule has 0 saturated heterocycles. The molecular formula is C20H18ClN3. The molecule has 0 amide bonds. The Morgan fingerprint density at radius 3 is 2.54 bits per heavy atom. The van der Waals surface area contributed by atoms with E-state index in [9.17, 15) is 0 Å². The summed E-state index contributed by atoms with van der Waals surface area (Å²) in [5.74, 6) is 2.60. The highest BCUT2D eigenvalue weighted by molar-refractivity contribution is 6.31. The maximum atomic E-state index is 6.26. The molecule has 0 fully saturated rings. The van der Waals surface area contributed by atoms with Crippen molar-refractivity contribution < 1.29 is 0 Å². The fraction of sp³-hybridized carbons (Fsp3) is 0.150. The number of terminal acetylenes is 1. The van der Waals surface area contributed by atoms with Crippen LogP contribution in [0.4, 0.5) is 0 Å². The maximum Gasteiger partial charge on any atom is 0.0968 e. The van der Waals surface area contributed by atoms with E-state index in [1.165, 1.54) is 0 Å². The van der Waals surface area contributed by atoms with Gasteiger partial charge in [-0.3, -0.25) is 4.68 Å². The van der Waals surface area contributed by atoms with E-state index in [0.29, 0.717) is 19.6 Å². The highest BCUT2D eigenvalue weighted by Crippen LogP contribution is 2.23. The number of hydrogen-bond acceptors (Lipinski definition) is 2. The highest BCUT2D eigenvalue weighted by atomic mass is 35.5. The average Bonchev–Trinajstić information content (AvgIpc) is 3.01. The SMILES string of the molecule is C#CCNCc1cn(Cc2ccccc2Cl)nc1-c1ccccc1. The van der Waals surface area contributed by atoms with Crippen LogP contribution in [0.5, 0.6) is 0 Å². The predicted molar refractivity (Wildman–Crippen MR) is 98.8 cm³/mol. The third-order valence-corrected chi connectivity index (χ3v) is 4.09. The van der Waals surface area contributed by atoms with Crippen LogP contribution in [0.25, 0.3) is 11.3 Å². The summed E-state index contributed by atoms with van der Waals surface area (Å²) in [6, 6.07) is 18.0. The molecule has 0 bridgehead atoms. The van der Waals surface area contributed by atoms with Crippen molar-refractivity contribution >= 4 is 11.6 Å². The Balaban J connectivity index is 1.91. The summed E-state index contributed by atoms with van der Waals surface area (Å²) in [7, 11) is 0. The first-order valence-corrected chi connectivity index (χ1v) is 8.15. The van der Waals surface area contributed by atoms with Crippen molar-refractivity contribution in [3.8, 4) is 23.6 Å². The minimum absolute atomic E-state index is 0.532. The van der Waals surface area contributed by atoms with Gasteiger partial charge in [0.05, 0.1) is 18.8 Å². The Morgan fingerprint density at radius 1 is 1.04 bits per heavy atom. The van der Waals surface area contributed by atoms with Gasteiger partial charge in [0.15, 0.2) is 0 Å². The van der Waals surface area contributed by atoms with Crippen LogP contribution in [0.15, 0.2) is 60.8 Å². The zero-order valence-electron chi connectivity index (χ0n) is 13.2. The largest absolute Gasteiger partial charge is 0.302 e. The molecule has 2 aromatic carbocycles. The Bertz CT molecular complexity index is 847. The standard InChI is InChI=1S/C20H18ClN3/c1-2-12-22-13-18-15-24(14-17-10-6-7-11-19(17)21)23-20(18)16-8-4-3-5-9-16/h1,3-11,15,22H,12-14H2. The molecule has 0 atom stereocenters. The number of halogens is 1. The number of aromatic nitrogens is 2. The molecule has 0 spiro atoms. The molecule has 1 N–H and O–H groups in total. The molecule has 0 aliphatic carbocycles. The van der Waals surface area contributed by atoms with Crippen LogP contribution in [-0.4, -0.2) is 16.3 Å². The Kier molecular flexibility index (Phi) is 5.32. The average molecular weight is 336 g/mol. The molecule has 1 heterocycles. The van der Waals surface area contributed by atoms with Gasteiger partial charge in [-0.25, -0.2) is 0 Å². The molecule has 24 heavy (non-hydrogen) atoms. The molecule has 3 rings (SSSR count). The van der Waals surface area contributed by atoms with Gasteiger partial charge in [-0.2, -0.15) is 5.10 Å². The Morgan fingerprint density at radius 2 is 1.79 bits per heavy atom. The van der Waals surface area contributed by atoms with Crippen molar-refractivity contribution in [1.29, 1.82) is 0 Å². The van der Waals surface area contributed by atoms with Crippen LogP contribution in [0.3, 0.4) is 0 Å². The molecule has 0 radical (unpaired) electrons. The van der Waals surface area contributed by atoms with Gasteiger partial charge in [0.2, 0.25) is 0 Å². The quantitative estimate of drug-likeness (QED) is 0.545. The third-order valence-electron chi connectivity index (χ3n) is 3.72. The van der Waals surface area contributed by atoms with Crippen molar-refractivity contribution in [2.45, 2.75) is 13.1 Å². The lowest BCUT2D eigenvalue weighted by Crippen LogP contribution is -2.13. The topological polar surface area (TPSA) is 29.9 Å². The van der Waals surface area contributed by atoms with Crippen LogP contribution in [0, 0.1) is 12.3 Å². The number of rotatable bonds is 6. The van der Waals surface area contributed by atoms with Gasteiger partial charge in [0, 0.05) is 28.9 Å². The summed E-state index contributed by atoms with van der Waals surface area (Å²) in [6.07, 6.45) is 7.37. The second-order valence-electron chi connectivity index (χ2n) is 5.47. The summed E-state index contributed by atoms with van der Waals surface area (Å²) in [5, 5.41) is 8.75. The molecular weight excluding hydrogens is 318 g/mol. The number of nitrogens with zero attached hydrogens (tertiary/aromatic N) is 2. The summed E-state index contributed by atoms with van der Waals surface area (Å²) < 4.78 is 1.93. The second-order valence-corrected chi connectivity index (χ2v) is 5.87. The second kappa shape index (κ2) is 7.83. The van der Waals surface area contributed by atoms with Gasteiger partial charge in [-0.15, -0.1) is 6.42 Å². The lowest BCUT2D eigenvalue weighted by Gasteiger charge is -2.04. The molecule has 0 saturated carbocycles. The van der Waals surface area contributed by atoms with E-state index >= 15 is 0 Å². The highest BCUT2D eigenvalue weighted by Gasteiger charge is 2.11. The van der Waals surface area contributed by atoms with Crippen LogP contribution in [0.2, 0.25) is 5.02 Å². The van der Waals surface area contributed by atoms with Gasteiger partial charge in [-0.1, -0.05) is 66.1 Å². The fourth-order valence-electron chi connectivity index (χ4n) is 2.58. The maximum absolute atomic E-state index is 6.26. The van der Waals surface area contributed by atoms with Crippen LogP contribution in [0.1, 0.15) is 11.1 Å². The Labute approximate surface area is 147 Å². The summed E-state index contributed by atoms with van der Waals surface area (Å²) in [5.41, 5.74) is 4.22. The lowest BCUT2D eigenvalue weighted by atomic mass is 10.1. The van der Waals surface area contributed by atoms with E-state index in [2.05, 4.69) is 29.6 Å². The van der Waals surface area contributed by atoms with E-state index in [4.69, 9.17) is 23.1 Å². The van der Waals surface area contributed by atoms with Gasteiger partial charge in [-0.05, 0) is 11.6 Å². The van der Waals surface area contributed by atoms with E-state index in [-0.39, 0.29) is 0 Å². The van der Waals surface area contributed by atoms with E-state index < -0.39 is 0 Å². The van der Waals surface area contributed by atoms with Crippen molar-refractivity contribution in [1.82, 2.24) is 15.1 Å². The van der Waals surface area contributed by atoms with Crippen molar-refractivity contribution in [3.63, 3.8) is 0 Å². The fourth-order valence-corrected chi connectivity index (χ4v) is 2.78. The number of nitrogens with one attached hydrogen (secondary N) is 1. The molecule has 0 aliphatic heterocycles. The van der Waals surface area contributed by atoms with E-state index in [1.807, 2.05) is 47.1 Å². The normalized spacial score (nSPS) is 10.5. The zero-order valence-corrected chi connectivity index (χ0v) is 14.0. The zero-order chi connectivity index (χ0) is 16.8. The summed E-state index contributed by atoms with van der Waals surface area (Å²) in [6.45, 7) is 1.84. The molecule has 3 nitrogen and oxygen atoms in total. The molecule has 3 aromatic rings. The van der Waals surface area contributed by atoms with Crippen LogP contribution in [-0.2, 0) is 13.1 Å². The van der Waals surface area contributed by atoms with Crippen molar-refractivity contribution in [3.05, 3.63) is 76.9 Å². The lowest BCUT2D eigenvalue weighted by molar-refractivity contribution is 0.686. The smallest absolute Gasteiger partial charge is 0.0968 e. The molecule has 0 unspecified atom stereocenters. The number of hydrogen-bond donors (Lipinski definition) is 1. The molecule has 4 heteroatoms. The monoisotopic (exact) mass is 335 g/mol. The predicted octanol–water partition coefficient (Wildman–Crippen LogP) is 3.97. The Hall–Kier alpha value is -2.54. The van der Waals surface area contributed by atoms with Crippen molar-refractivity contribution in [2.75, 3.05) is 6.54 Å². The van der Waals surface area contributed by atoms with Gasteiger partial charge in [0.1, 0.15) is 0 Å². The van der Waals surface area contributed by atoms with Gasteiger partial charge >= 0.3 is 0 Å². The van der Waals surface area contributed by atoms with Gasteiger partial charge < -0.3 is 5.32 Å². The molecule has 0 aliphatic rings. The first kappa shape index (κ1) is 16.3. The van der Waals surface area contributed by atoms with Crippen molar-refractivity contribution in [2.24, 2.45) is 0 Å². The van der Waals surface area contributed by atoms with E-state index in [0.717, 1.165) is 27.4 Å². The minimum atomic E-state index is 0.532. The minimum Gasteiger partial charge on any atom is -0.302 e. The first-order valence-electron chi connectivity index (χ1n) is 7.77. The first-order chi connectivity index (χ1) is 11.8. The van der Waals surface area contributed by atoms with Crippen LogP contribution >= 0.6 is 11.6 Å². The summed E-state index contributed by atoms with van der Waals surface area (Å²) >= 11 is 6.26. The molecule has 120 valence electrons. The van der Waals surface area contributed by atoms with Gasteiger partial charge in [0.25, 0.3) is 0 Å². The van der Waals surface area contributed by atoms with Crippen LogP contribution < -0.4 is 5.32 Å². The third kappa shape index (κ3) is 3.86. The molecule has 1 aromatic heterocycles.